The zero-order valence-corrected chi connectivity index (χ0v) is 10.9. The van der Waals surface area contributed by atoms with Gasteiger partial charge in [-0.3, -0.25) is 10.1 Å². The maximum atomic E-state index is 10.9. The molecular formula is C14H16N2O3. The molecule has 5 heteroatoms. The smallest absolute Gasteiger partial charge is 0.272 e. The molecule has 1 aromatic heterocycles. The Bertz CT molecular complexity index is 564. The minimum absolute atomic E-state index is 0.136. The van der Waals surface area contributed by atoms with Crippen molar-refractivity contribution in [1.82, 2.24) is 5.32 Å². The van der Waals surface area contributed by atoms with Crippen molar-refractivity contribution in [2.45, 2.75) is 26.4 Å². The van der Waals surface area contributed by atoms with Gasteiger partial charge >= 0.3 is 0 Å². The number of nitrogens with zero attached hydrogens (tertiary/aromatic N) is 1. The van der Waals surface area contributed by atoms with E-state index in [1.54, 1.807) is 25.5 Å². The number of hydrogen-bond acceptors (Lipinski definition) is 4. The normalized spacial score (nSPS) is 12.3. The molecule has 0 aliphatic heterocycles. The summed E-state index contributed by atoms with van der Waals surface area (Å²) in [6.07, 6.45) is 3.32. The van der Waals surface area contributed by atoms with Crippen LogP contribution in [-0.4, -0.2) is 4.92 Å². The molecule has 0 aliphatic rings. The van der Waals surface area contributed by atoms with Crippen LogP contribution in [0.15, 0.2) is 41.2 Å². The zero-order valence-electron chi connectivity index (χ0n) is 10.9. The molecule has 1 aromatic carbocycles. The third-order valence-corrected chi connectivity index (χ3v) is 3.26. The van der Waals surface area contributed by atoms with Gasteiger partial charge < -0.3 is 9.73 Å². The summed E-state index contributed by atoms with van der Waals surface area (Å²) in [5.41, 5.74) is 2.86. The van der Waals surface area contributed by atoms with Crippen LogP contribution in [0.1, 0.15) is 29.7 Å². The predicted molar refractivity (Wildman–Crippen MR) is 71.8 cm³/mol. The number of hydrogen-bond donors (Lipinski definition) is 1. The molecule has 5 nitrogen and oxygen atoms in total. The minimum atomic E-state index is -0.349. The Kier molecular flexibility index (Phi) is 3.97. The first-order valence-corrected chi connectivity index (χ1v) is 6.08. The summed E-state index contributed by atoms with van der Waals surface area (Å²) >= 11 is 0. The molecule has 100 valence electrons. The summed E-state index contributed by atoms with van der Waals surface area (Å²) in [6, 6.07) is 7.18. The topological polar surface area (TPSA) is 68.3 Å². The second kappa shape index (κ2) is 5.67. The first-order chi connectivity index (χ1) is 9.09. The van der Waals surface area contributed by atoms with Crippen LogP contribution in [0.5, 0.6) is 0 Å². The van der Waals surface area contributed by atoms with Crippen LogP contribution in [0.2, 0.25) is 0 Å². The summed E-state index contributed by atoms with van der Waals surface area (Å²) in [5.74, 6) is 0. The first-order valence-electron chi connectivity index (χ1n) is 6.08. The second-order valence-corrected chi connectivity index (χ2v) is 4.48. The average molecular weight is 260 g/mol. The van der Waals surface area contributed by atoms with Crippen molar-refractivity contribution in [2.24, 2.45) is 0 Å². The minimum Gasteiger partial charge on any atom is -0.472 e. The maximum absolute atomic E-state index is 10.9. The van der Waals surface area contributed by atoms with Gasteiger partial charge in [0, 0.05) is 29.8 Å². The molecule has 0 bridgehead atoms. The lowest BCUT2D eigenvalue weighted by Crippen LogP contribution is -2.18. The van der Waals surface area contributed by atoms with Crippen molar-refractivity contribution >= 4 is 5.69 Å². The van der Waals surface area contributed by atoms with Crippen molar-refractivity contribution in [1.29, 1.82) is 0 Å². The molecule has 0 amide bonds. The van der Waals surface area contributed by atoms with Crippen LogP contribution >= 0.6 is 0 Å². The van der Waals surface area contributed by atoms with E-state index in [-0.39, 0.29) is 16.7 Å². The molecule has 19 heavy (non-hydrogen) atoms. The van der Waals surface area contributed by atoms with E-state index in [1.807, 2.05) is 19.1 Å². The van der Waals surface area contributed by atoms with Crippen molar-refractivity contribution in [2.75, 3.05) is 0 Å². The SMILES string of the molecule is Cc1c(CNC(C)c2ccoc2)cccc1[N+](=O)[O-]. The van der Waals surface area contributed by atoms with Gasteiger partial charge in [-0.2, -0.15) is 0 Å². The lowest BCUT2D eigenvalue weighted by Gasteiger charge is -2.13. The highest BCUT2D eigenvalue weighted by Crippen LogP contribution is 2.22. The Balaban J connectivity index is 2.08. The zero-order chi connectivity index (χ0) is 13.8. The Morgan fingerprint density at radius 2 is 2.21 bits per heavy atom. The molecule has 1 unspecified atom stereocenters. The molecule has 0 spiro atoms. The molecule has 1 N–H and O–H groups in total. The van der Waals surface area contributed by atoms with Gasteiger partial charge in [-0.15, -0.1) is 0 Å². The largest absolute Gasteiger partial charge is 0.472 e. The van der Waals surface area contributed by atoms with Gasteiger partial charge in [0.25, 0.3) is 5.69 Å². The predicted octanol–water partition coefficient (Wildman–Crippen LogP) is 3.35. The molecule has 0 saturated heterocycles. The molecule has 1 atom stereocenters. The lowest BCUT2D eigenvalue weighted by molar-refractivity contribution is -0.385. The number of furan rings is 1. The quantitative estimate of drug-likeness (QED) is 0.661. The van der Waals surface area contributed by atoms with Gasteiger partial charge in [0.2, 0.25) is 0 Å². The number of nitro benzene ring substituents is 1. The molecule has 2 aromatic rings. The van der Waals surface area contributed by atoms with Crippen LogP contribution in [-0.2, 0) is 6.54 Å². The highest BCUT2D eigenvalue weighted by atomic mass is 16.6. The van der Waals surface area contributed by atoms with E-state index < -0.39 is 0 Å². The van der Waals surface area contributed by atoms with Crippen LogP contribution < -0.4 is 5.32 Å². The Morgan fingerprint density at radius 1 is 1.42 bits per heavy atom. The molecule has 0 aliphatic carbocycles. The van der Waals surface area contributed by atoms with E-state index in [9.17, 15) is 10.1 Å². The first kappa shape index (κ1) is 13.3. The fraction of sp³-hybridized carbons (Fsp3) is 0.286. The summed E-state index contributed by atoms with van der Waals surface area (Å²) in [7, 11) is 0. The molecule has 0 radical (unpaired) electrons. The standard InChI is InChI=1S/C14H16N2O3/c1-10-12(4-3-5-14(10)16(17)18)8-15-11(2)13-6-7-19-9-13/h3-7,9,11,15H,8H2,1-2H3. The number of nitrogens with one attached hydrogen (secondary N) is 1. The van der Waals surface area contributed by atoms with Crippen molar-refractivity contribution in [3.8, 4) is 0 Å². The van der Waals surface area contributed by atoms with E-state index in [1.165, 1.54) is 6.07 Å². The molecule has 1 heterocycles. The van der Waals surface area contributed by atoms with Crippen molar-refractivity contribution in [3.63, 3.8) is 0 Å². The highest BCUT2D eigenvalue weighted by Gasteiger charge is 2.14. The maximum Gasteiger partial charge on any atom is 0.272 e. The van der Waals surface area contributed by atoms with Gasteiger partial charge in [-0.05, 0) is 25.5 Å². The molecule has 0 saturated carbocycles. The fourth-order valence-electron chi connectivity index (χ4n) is 1.96. The third-order valence-electron chi connectivity index (χ3n) is 3.26. The van der Waals surface area contributed by atoms with Crippen LogP contribution in [0.3, 0.4) is 0 Å². The number of nitro groups is 1. The molecule has 0 fully saturated rings. The summed E-state index contributed by atoms with van der Waals surface area (Å²) in [5, 5.41) is 14.2. The second-order valence-electron chi connectivity index (χ2n) is 4.48. The molecule has 2 rings (SSSR count). The van der Waals surface area contributed by atoms with E-state index in [0.717, 1.165) is 11.1 Å². The lowest BCUT2D eigenvalue weighted by atomic mass is 10.1. The van der Waals surface area contributed by atoms with Crippen LogP contribution in [0.4, 0.5) is 5.69 Å². The third kappa shape index (κ3) is 3.00. The van der Waals surface area contributed by atoms with E-state index in [0.29, 0.717) is 12.1 Å². The van der Waals surface area contributed by atoms with Crippen LogP contribution in [0.25, 0.3) is 0 Å². The van der Waals surface area contributed by atoms with Gasteiger partial charge in [0.15, 0.2) is 0 Å². The van der Waals surface area contributed by atoms with Gasteiger partial charge in [0.1, 0.15) is 0 Å². The highest BCUT2D eigenvalue weighted by molar-refractivity contribution is 5.44. The Labute approximate surface area is 111 Å². The molecular weight excluding hydrogens is 244 g/mol. The van der Waals surface area contributed by atoms with Gasteiger partial charge in [-0.1, -0.05) is 12.1 Å². The van der Waals surface area contributed by atoms with Gasteiger partial charge in [0.05, 0.1) is 17.4 Å². The monoisotopic (exact) mass is 260 g/mol. The summed E-state index contributed by atoms with van der Waals surface area (Å²) in [4.78, 5) is 10.5. The number of benzene rings is 1. The van der Waals surface area contributed by atoms with Gasteiger partial charge in [-0.25, -0.2) is 0 Å². The van der Waals surface area contributed by atoms with E-state index in [2.05, 4.69) is 5.32 Å². The average Bonchev–Trinajstić information content (AvgIpc) is 2.90. The van der Waals surface area contributed by atoms with E-state index in [4.69, 9.17) is 4.42 Å². The van der Waals surface area contributed by atoms with E-state index >= 15 is 0 Å². The summed E-state index contributed by atoms with van der Waals surface area (Å²) < 4.78 is 5.03. The fourth-order valence-corrected chi connectivity index (χ4v) is 1.96. The summed E-state index contributed by atoms with van der Waals surface area (Å²) in [6.45, 7) is 4.38. The van der Waals surface area contributed by atoms with Crippen molar-refractivity contribution < 1.29 is 9.34 Å². The van der Waals surface area contributed by atoms with Crippen molar-refractivity contribution in [3.05, 3.63) is 63.6 Å². The number of rotatable bonds is 5. The Morgan fingerprint density at radius 3 is 2.84 bits per heavy atom. The van der Waals surface area contributed by atoms with Crippen LogP contribution in [0, 0.1) is 17.0 Å². The Hall–Kier alpha value is -2.14.